The summed E-state index contributed by atoms with van der Waals surface area (Å²) in [6.45, 7) is 0.0721. The first-order chi connectivity index (χ1) is 22.4. The lowest BCUT2D eigenvalue weighted by molar-refractivity contribution is 0.287. The fourth-order valence-electron chi connectivity index (χ4n) is 4.54. The Hall–Kier alpha value is -3.92. The summed E-state index contributed by atoms with van der Waals surface area (Å²) < 4.78 is 49.1. The maximum absolute atomic E-state index is 7.55. The van der Waals surface area contributed by atoms with Crippen molar-refractivity contribution in [2.45, 2.75) is 25.5 Å². The quantitative estimate of drug-likeness (QED) is 0.129. The lowest BCUT2D eigenvalue weighted by Crippen LogP contribution is -2.18. The molecule has 0 radical (unpaired) electrons. The Labute approximate surface area is 274 Å². The van der Waals surface area contributed by atoms with Gasteiger partial charge in [-0.3, -0.25) is 0 Å². The van der Waals surface area contributed by atoms with E-state index in [2.05, 4.69) is 0 Å². The van der Waals surface area contributed by atoms with Crippen LogP contribution in [0.25, 0.3) is 0 Å². The summed E-state index contributed by atoms with van der Waals surface area (Å²) in [6.07, 6.45) is 0. The van der Waals surface area contributed by atoms with Gasteiger partial charge in [-0.1, -0.05) is 91.0 Å². The van der Waals surface area contributed by atoms with Gasteiger partial charge in [-0.15, -0.1) is 4.52 Å². The summed E-state index contributed by atoms with van der Waals surface area (Å²) in [5, 5.41) is 0. The second-order valence-corrected chi connectivity index (χ2v) is 18.6. The highest BCUT2D eigenvalue weighted by Gasteiger charge is 2.47. The van der Waals surface area contributed by atoms with Crippen molar-refractivity contribution in [3.8, 4) is 28.7 Å². The molecule has 0 aliphatic carbocycles. The summed E-state index contributed by atoms with van der Waals surface area (Å²) in [4.78, 5) is 0. The minimum atomic E-state index is -3.71. The van der Waals surface area contributed by atoms with Gasteiger partial charge < -0.3 is 22.8 Å². The van der Waals surface area contributed by atoms with Crippen molar-refractivity contribution in [1.82, 2.24) is 0 Å². The van der Waals surface area contributed by atoms with Crippen LogP contribution in [0.4, 0.5) is 0 Å². The number of hydrogen-bond donors (Lipinski definition) is 0. The Morgan fingerprint density at radius 1 is 0.522 bits per heavy atom. The van der Waals surface area contributed by atoms with Crippen molar-refractivity contribution in [1.29, 1.82) is 0 Å². The molecule has 0 bridgehead atoms. The van der Waals surface area contributed by atoms with E-state index in [0.717, 1.165) is 0 Å². The smallest absolute Gasteiger partial charge is 0.353 e. The normalized spacial score (nSPS) is 22.4. The van der Waals surface area contributed by atoms with Crippen molar-refractivity contribution in [2.75, 3.05) is 0 Å². The first-order valence-corrected chi connectivity index (χ1v) is 20.5. The predicted octanol–water partition coefficient (Wildman–Crippen LogP) is 12.3. The highest BCUT2D eigenvalue weighted by Crippen LogP contribution is 2.78. The van der Waals surface area contributed by atoms with E-state index in [1.165, 1.54) is 0 Å². The molecule has 0 aromatic heterocycles. The molecule has 1 aliphatic rings. The molecule has 1 aliphatic heterocycles. The zero-order valence-electron chi connectivity index (χ0n) is 25.2. The van der Waals surface area contributed by atoms with Crippen LogP contribution in [0.15, 0.2) is 165 Å². The second-order valence-electron chi connectivity index (χ2n) is 10.2. The molecule has 12 heteroatoms. The lowest BCUT2D eigenvalue weighted by Gasteiger charge is -2.30. The fourth-order valence-corrected chi connectivity index (χ4v) is 15.7. The van der Waals surface area contributed by atoms with E-state index in [9.17, 15) is 0 Å². The van der Waals surface area contributed by atoms with Crippen LogP contribution in [0.5, 0.6) is 28.7 Å². The highest BCUT2D eigenvalue weighted by atomic mass is 35.7. The van der Waals surface area contributed by atoms with Gasteiger partial charge in [-0.25, -0.2) is 4.74 Å². The van der Waals surface area contributed by atoms with Crippen LogP contribution in [0.1, 0.15) is 13.8 Å². The number of nitrogens with zero attached hydrogens (tertiary/aromatic N) is 3. The number of hydrogen-bond acceptors (Lipinski definition) is 8. The van der Waals surface area contributed by atoms with Crippen LogP contribution in [0.2, 0.25) is 0 Å². The molecule has 46 heavy (non-hydrogen) atoms. The van der Waals surface area contributed by atoms with Crippen LogP contribution < -0.4 is 22.8 Å². The fraction of sp³-hybridized carbons (Fsp3) is 0.118. The van der Waals surface area contributed by atoms with Gasteiger partial charge in [0.05, 0.1) is 0 Å². The summed E-state index contributed by atoms with van der Waals surface area (Å²) in [5.74, 6) is 1.36. The molecule has 8 nitrogen and oxygen atoms in total. The first-order valence-electron chi connectivity index (χ1n) is 14.6. The van der Waals surface area contributed by atoms with Crippen molar-refractivity contribution in [2.24, 2.45) is 13.8 Å². The Morgan fingerprint density at radius 3 is 1.33 bits per heavy atom. The van der Waals surface area contributed by atoms with Gasteiger partial charge in [-0.2, -0.15) is 4.52 Å². The zero-order chi connectivity index (χ0) is 31.9. The van der Waals surface area contributed by atoms with E-state index < -0.39 is 33.4 Å². The summed E-state index contributed by atoms with van der Waals surface area (Å²) in [5.41, 5.74) is 0. The zero-order valence-corrected chi connectivity index (χ0v) is 28.6. The molecular weight excluding hydrogens is 659 g/mol. The number of halogens is 1. The molecule has 6 rings (SSSR count). The maximum atomic E-state index is 7.55. The third-order valence-electron chi connectivity index (χ3n) is 6.71. The number of rotatable bonds is 11. The second kappa shape index (κ2) is 14.2. The Kier molecular flexibility index (Phi) is 9.92. The number of para-hydroxylation sites is 5. The highest BCUT2D eigenvalue weighted by molar-refractivity contribution is 7.93. The van der Waals surface area contributed by atoms with Gasteiger partial charge >= 0.3 is 14.3 Å². The maximum Gasteiger partial charge on any atom is 0.353 e. The van der Waals surface area contributed by atoms with Crippen molar-refractivity contribution in [3.63, 3.8) is 0 Å². The Balaban J connectivity index is 1.61. The molecular formula is C34H33ClN3O5P3. The minimum Gasteiger partial charge on any atom is -0.479 e. The molecule has 0 amide bonds. The average Bonchev–Trinajstić information content (AvgIpc) is 3.15. The van der Waals surface area contributed by atoms with Gasteiger partial charge in [0, 0.05) is 0 Å². The molecule has 3 unspecified atom stereocenters. The van der Waals surface area contributed by atoms with Crippen LogP contribution in [0, 0.1) is 0 Å². The third kappa shape index (κ3) is 7.71. The average molecular weight is 692 g/mol. The molecule has 0 fully saturated rings. The molecule has 0 saturated heterocycles. The van der Waals surface area contributed by atoms with Crippen molar-refractivity contribution < 1.29 is 22.8 Å². The van der Waals surface area contributed by atoms with E-state index in [4.69, 9.17) is 47.8 Å². The Bertz CT molecular complexity index is 1860. The van der Waals surface area contributed by atoms with Gasteiger partial charge in [0.1, 0.15) is 28.7 Å². The molecule has 5 aromatic carbocycles. The first kappa shape index (κ1) is 32.0. The lowest BCUT2D eigenvalue weighted by atomic mass is 10.3. The molecule has 0 N–H and O–H groups in total. The minimum absolute atomic E-state index is 0.486. The molecule has 0 saturated carbocycles. The standard InChI is InChI=1S/C34H33ClN3O5P3/c1-28-36-44(40-31-20-10-4-11-21-31,29(2)39-30-18-8-3-9-19-30)37-46(35,43-34-26-16-7-17-27-34)38-45(28,41-32-22-12-5-13-23-32)42-33-24-14-6-15-25-33/h3-29H,1-2H3/t28?,29?,44-,46?/m0/s1. The van der Waals surface area contributed by atoms with Crippen molar-refractivity contribution in [3.05, 3.63) is 152 Å². The van der Waals surface area contributed by atoms with Crippen LogP contribution in [-0.2, 0) is 0 Å². The molecule has 4 atom stereocenters. The van der Waals surface area contributed by atoms with Gasteiger partial charge in [-0.05, 0) is 85.8 Å². The Morgan fingerprint density at radius 2 is 0.891 bits per heavy atom. The van der Waals surface area contributed by atoms with Gasteiger partial charge in [0.2, 0.25) is 0 Å². The summed E-state index contributed by atoms with van der Waals surface area (Å²) in [7, 11) is -6.91. The predicted molar refractivity (Wildman–Crippen MR) is 188 cm³/mol. The van der Waals surface area contributed by atoms with Crippen LogP contribution in [-0.4, -0.2) is 11.6 Å². The molecule has 1 heterocycles. The molecule has 0 spiro atoms. The van der Waals surface area contributed by atoms with E-state index in [1.807, 2.05) is 153 Å². The number of benzene rings is 5. The third-order valence-corrected chi connectivity index (χ3v) is 16.8. The topological polar surface area (TPSA) is 83.2 Å². The van der Waals surface area contributed by atoms with E-state index in [-0.39, 0.29) is 0 Å². The van der Waals surface area contributed by atoms with E-state index in [1.54, 1.807) is 12.1 Å². The SMILES string of the molecule is CC1N=[P@@](Oc2ccccc2)(C(C)Oc2ccccc2)N=P(Cl)(Oc2ccccc2)N=P1(Oc1ccccc1)Oc1ccccc1. The van der Waals surface area contributed by atoms with Gasteiger partial charge in [0.25, 0.3) is 7.43 Å². The van der Waals surface area contributed by atoms with Crippen LogP contribution >= 0.6 is 33.0 Å². The van der Waals surface area contributed by atoms with Crippen molar-refractivity contribution >= 4 is 33.0 Å². The van der Waals surface area contributed by atoms with Gasteiger partial charge in [0.15, 0.2) is 11.6 Å². The van der Waals surface area contributed by atoms with E-state index in [0.29, 0.717) is 28.7 Å². The largest absolute Gasteiger partial charge is 0.479 e. The monoisotopic (exact) mass is 691 g/mol. The van der Waals surface area contributed by atoms with Crippen LogP contribution in [0.3, 0.4) is 0 Å². The summed E-state index contributed by atoms with van der Waals surface area (Å²) in [6, 6.07) is 46.8. The summed E-state index contributed by atoms with van der Waals surface area (Å²) >= 11 is 7.55. The van der Waals surface area contributed by atoms with E-state index >= 15 is 0 Å². The molecule has 236 valence electrons. The molecule has 5 aromatic rings. The number of ether oxygens (including phenoxy) is 1.